The molecule has 0 bridgehead atoms. The number of hydrogen-bond donors (Lipinski definition) is 2. The first-order chi connectivity index (χ1) is 7.67. The smallest absolute Gasteiger partial charge is 0.175 e. The minimum Gasteiger partial charge on any atom is -0.396 e. The van der Waals surface area contributed by atoms with Crippen molar-refractivity contribution >= 4 is 0 Å². The lowest BCUT2D eigenvalue weighted by molar-refractivity contribution is 0.113. The molecule has 2 rings (SSSR count). The Morgan fingerprint density at radius 3 is 2.75 bits per heavy atom. The van der Waals surface area contributed by atoms with Crippen LogP contribution in [0, 0.1) is 11.3 Å². The first kappa shape index (κ1) is 11.5. The van der Waals surface area contributed by atoms with Gasteiger partial charge in [-0.3, -0.25) is 0 Å². The van der Waals surface area contributed by atoms with Crippen molar-refractivity contribution in [2.75, 3.05) is 13.2 Å². The summed E-state index contributed by atoms with van der Waals surface area (Å²) in [7, 11) is 1.74. The van der Waals surface area contributed by atoms with E-state index in [1.165, 1.54) is 17.6 Å². The van der Waals surface area contributed by atoms with Gasteiger partial charge in [0.15, 0.2) is 5.82 Å². The molecule has 6 heteroatoms. The minimum atomic E-state index is -0.260. The number of hydrogen-bond acceptors (Lipinski definition) is 5. The molecule has 1 aromatic rings. The molecule has 1 aromatic heterocycles. The molecular weight excluding hydrogens is 206 g/mol. The highest BCUT2D eigenvalue weighted by Crippen LogP contribution is 2.41. The van der Waals surface area contributed by atoms with Crippen molar-refractivity contribution in [2.45, 2.75) is 25.7 Å². The van der Waals surface area contributed by atoms with Crippen molar-refractivity contribution in [3.8, 4) is 0 Å². The third-order valence-corrected chi connectivity index (χ3v) is 3.27. The number of tetrazole rings is 1. The Labute approximate surface area is 94.8 Å². The van der Waals surface area contributed by atoms with Crippen LogP contribution >= 0.6 is 0 Å². The Morgan fingerprint density at radius 1 is 1.56 bits per heavy atom. The molecule has 1 saturated carbocycles. The summed E-state index contributed by atoms with van der Waals surface area (Å²) < 4.78 is 0. The third kappa shape index (κ3) is 2.56. The molecule has 1 aliphatic rings. The van der Waals surface area contributed by atoms with Gasteiger partial charge in [-0.1, -0.05) is 12.8 Å². The van der Waals surface area contributed by atoms with Gasteiger partial charge < -0.3 is 10.8 Å². The molecule has 0 amide bonds. The van der Waals surface area contributed by atoms with Crippen LogP contribution in [0.1, 0.15) is 25.1 Å². The summed E-state index contributed by atoms with van der Waals surface area (Å²) in [4.78, 5) is 1.44. The number of nitrogens with zero attached hydrogens (tertiary/aromatic N) is 4. The van der Waals surface area contributed by atoms with E-state index in [0.29, 0.717) is 18.8 Å². The second-order valence-electron chi connectivity index (χ2n) is 4.88. The quantitative estimate of drug-likeness (QED) is 0.680. The molecule has 3 N–H and O–H groups in total. The summed E-state index contributed by atoms with van der Waals surface area (Å²) in [6.07, 6.45) is 4.11. The maximum absolute atomic E-state index is 9.56. The Kier molecular flexibility index (Phi) is 3.20. The maximum atomic E-state index is 9.56. The summed E-state index contributed by atoms with van der Waals surface area (Å²) in [5.41, 5.74) is 5.55. The zero-order valence-electron chi connectivity index (χ0n) is 9.63. The van der Waals surface area contributed by atoms with Gasteiger partial charge >= 0.3 is 0 Å². The Bertz CT molecular complexity index is 343. The predicted molar refractivity (Wildman–Crippen MR) is 58.4 cm³/mol. The number of nitrogens with two attached hydrogens (primary N) is 1. The van der Waals surface area contributed by atoms with Gasteiger partial charge in [0.2, 0.25) is 0 Å². The monoisotopic (exact) mass is 225 g/mol. The Morgan fingerprint density at radius 2 is 2.31 bits per heavy atom. The Hall–Kier alpha value is -1.01. The van der Waals surface area contributed by atoms with E-state index in [9.17, 15) is 5.11 Å². The van der Waals surface area contributed by atoms with Gasteiger partial charge in [0.1, 0.15) is 0 Å². The lowest BCUT2D eigenvalue weighted by Crippen LogP contribution is -2.37. The van der Waals surface area contributed by atoms with Crippen molar-refractivity contribution < 1.29 is 5.11 Å². The van der Waals surface area contributed by atoms with E-state index in [2.05, 4.69) is 15.4 Å². The largest absolute Gasteiger partial charge is 0.396 e. The molecule has 0 aromatic carbocycles. The molecule has 1 heterocycles. The first-order valence-corrected chi connectivity index (χ1v) is 5.71. The molecule has 0 aliphatic heterocycles. The van der Waals surface area contributed by atoms with Crippen molar-refractivity contribution in [1.82, 2.24) is 20.2 Å². The molecule has 90 valence electrons. The molecule has 0 spiro atoms. The SMILES string of the molecule is Cn1nnc(CC(CN)(CO)CC2CC2)n1. The maximum Gasteiger partial charge on any atom is 0.175 e. The van der Waals surface area contributed by atoms with E-state index in [1.807, 2.05) is 0 Å². The Balaban J connectivity index is 2.05. The van der Waals surface area contributed by atoms with Crippen molar-refractivity contribution in [1.29, 1.82) is 0 Å². The van der Waals surface area contributed by atoms with Crippen molar-refractivity contribution in [2.24, 2.45) is 24.1 Å². The summed E-state index contributed by atoms with van der Waals surface area (Å²) >= 11 is 0. The fourth-order valence-corrected chi connectivity index (χ4v) is 2.08. The van der Waals surface area contributed by atoms with Gasteiger partial charge in [-0.15, -0.1) is 10.2 Å². The fraction of sp³-hybridized carbons (Fsp3) is 0.900. The average Bonchev–Trinajstić information content (AvgIpc) is 3.00. The topological polar surface area (TPSA) is 89.9 Å². The van der Waals surface area contributed by atoms with E-state index in [4.69, 9.17) is 5.73 Å². The van der Waals surface area contributed by atoms with E-state index >= 15 is 0 Å². The predicted octanol–water partition coefficient (Wildman–Crippen LogP) is -0.510. The molecular formula is C10H19N5O. The van der Waals surface area contributed by atoms with Gasteiger partial charge in [-0.2, -0.15) is 4.80 Å². The molecule has 1 fully saturated rings. The zero-order valence-corrected chi connectivity index (χ0v) is 9.63. The summed E-state index contributed by atoms with van der Waals surface area (Å²) in [6.45, 7) is 0.566. The van der Waals surface area contributed by atoms with E-state index in [0.717, 1.165) is 12.3 Å². The van der Waals surface area contributed by atoms with Crippen LogP contribution in [-0.4, -0.2) is 38.5 Å². The van der Waals surface area contributed by atoms with Gasteiger partial charge in [0.25, 0.3) is 0 Å². The van der Waals surface area contributed by atoms with Crippen LogP contribution in [0.5, 0.6) is 0 Å². The number of rotatable bonds is 6. The van der Waals surface area contributed by atoms with Gasteiger partial charge in [0, 0.05) is 18.4 Å². The average molecular weight is 225 g/mol. The van der Waals surface area contributed by atoms with Gasteiger partial charge in [-0.05, 0) is 17.6 Å². The lowest BCUT2D eigenvalue weighted by Gasteiger charge is -2.29. The highest BCUT2D eigenvalue weighted by Gasteiger charge is 2.36. The third-order valence-electron chi connectivity index (χ3n) is 3.27. The van der Waals surface area contributed by atoms with Crippen LogP contribution in [0.3, 0.4) is 0 Å². The number of aryl methyl sites for hydroxylation is 1. The normalized spacial score (nSPS) is 19.7. The van der Waals surface area contributed by atoms with E-state index < -0.39 is 0 Å². The second-order valence-corrected chi connectivity index (χ2v) is 4.88. The number of aliphatic hydroxyl groups excluding tert-OH is 1. The first-order valence-electron chi connectivity index (χ1n) is 5.71. The van der Waals surface area contributed by atoms with Crippen LogP contribution in [0.4, 0.5) is 0 Å². The van der Waals surface area contributed by atoms with Crippen LogP contribution in [0.15, 0.2) is 0 Å². The number of aromatic nitrogens is 4. The van der Waals surface area contributed by atoms with Crippen molar-refractivity contribution in [3.63, 3.8) is 0 Å². The zero-order chi connectivity index (χ0) is 11.6. The summed E-state index contributed by atoms with van der Waals surface area (Å²) in [6, 6.07) is 0. The van der Waals surface area contributed by atoms with E-state index in [-0.39, 0.29) is 12.0 Å². The molecule has 1 aliphatic carbocycles. The standard InChI is InChI=1S/C10H19N5O/c1-15-13-9(12-14-15)5-10(6-11,7-16)4-8-2-3-8/h8,16H,2-7,11H2,1H3. The molecule has 1 atom stereocenters. The van der Waals surface area contributed by atoms with Crippen LogP contribution in [0.2, 0.25) is 0 Å². The molecule has 16 heavy (non-hydrogen) atoms. The van der Waals surface area contributed by atoms with Crippen molar-refractivity contribution in [3.05, 3.63) is 5.82 Å². The summed E-state index contributed by atoms with van der Waals surface area (Å²) in [5.74, 6) is 1.40. The molecule has 0 radical (unpaired) electrons. The number of aliphatic hydroxyl groups is 1. The fourth-order valence-electron chi connectivity index (χ4n) is 2.08. The highest BCUT2D eigenvalue weighted by atomic mass is 16.3. The molecule has 1 unspecified atom stereocenters. The molecule has 6 nitrogen and oxygen atoms in total. The summed E-state index contributed by atoms with van der Waals surface area (Å²) in [5, 5.41) is 21.5. The molecule has 0 saturated heterocycles. The van der Waals surface area contributed by atoms with Gasteiger partial charge in [0.05, 0.1) is 13.7 Å². The lowest BCUT2D eigenvalue weighted by atomic mass is 9.80. The van der Waals surface area contributed by atoms with Crippen LogP contribution in [-0.2, 0) is 13.5 Å². The van der Waals surface area contributed by atoms with Gasteiger partial charge in [-0.25, -0.2) is 0 Å². The van der Waals surface area contributed by atoms with E-state index in [1.54, 1.807) is 7.05 Å². The highest BCUT2D eigenvalue weighted by molar-refractivity contribution is 4.94. The van der Waals surface area contributed by atoms with Crippen LogP contribution < -0.4 is 5.73 Å². The minimum absolute atomic E-state index is 0.0955. The second kappa shape index (κ2) is 4.47. The van der Waals surface area contributed by atoms with Crippen LogP contribution in [0.25, 0.3) is 0 Å².